The Morgan fingerprint density at radius 2 is 2.09 bits per heavy atom. The zero-order valence-corrected chi connectivity index (χ0v) is 13.0. The molecule has 0 saturated carbocycles. The first-order valence-corrected chi connectivity index (χ1v) is 8.50. The van der Waals surface area contributed by atoms with Crippen LogP contribution in [0.4, 0.5) is 0 Å². The van der Waals surface area contributed by atoms with E-state index in [-0.39, 0.29) is 24.0 Å². The molecule has 0 spiro atoms. The molecule has 3 N–H and O–H groups in total. The number of nitrogens with one attached hydrogen (secondary N) is 1. The first-order chi connectivity index (χ1) is 10.6. The molecule has 1 aromatic carbocycles. The number of hydrogen-bond donors (Lipinski definition) is 2. The molecule has 1 saturated heterocycles. The summed E-state index contributed by atoms with van der Waals surface area (Å²) in [4.78, 5) is 24.2. The van der Waals surface area contributed by atoms with E-state index in [0.717, 1.165) is 0 Å². The van der Waals surface area contributed by atoms with Crippen LogP contribution < -0.4 is 11.1 Å². The molecule has 2 amide bonds. The summed E-state index contributed by atoms with van der Waals surface area (Å²) in [5.41, 5.74) is 5.32. The zero-order valence-electron chi connectivity index (χ0n) is 12.2. The molecule has 1 aliphatic heterocycles. The van der Waals surface area contributed by atoms with Crippen molar-refractivity contribution in [2.24, 2.45) is 11.7 Å². The van der Waals surface area contributed by atoms with E-state index >= 15 is 0 Å². The molecular formula is C15H20N2O4S. The van der Waals surface area contributed by atoms with Crippen molar-refractivity contribution >= 4 is 22.6 Å². The number of amides is 2. The van der Waals surface area contributed by atoms with Gasteiger partial charge in [-0.3, -0.25) is 13.8 Å². The lowest BCUT2D eigenvalue weighted by Crippen LogP contribution is -2.47. The molecular weight excluding hydrogens is 304 g/mol. The van der Waals surface area contributed by atoms with Gasteiger partial charge in [-0.25, -0.2) is 0 Å². The van der Waals surface area contributed by atoms with Crippen LogP contribution in [0, 0.1) is 5.92 Å². The minimum absolute atomic E-state index is 0.230. The van der Waals surface area contributed by atoms with Gasteiger partial charge in [0.1, 0.15) is 6.04 Å². The number of carbonyl (C=O) groups excluding carboxylic acids is 2. The van der Waals surface area contributed by atoms with Gasteiger partial charge in [0.05, 0.1) is 23.3 Å². The van der Waals surface area contributed by atoms with Crippen molar-refractivity contribution in [3.8, 4) is 0 Å². The van der Waals surface area contributed by atoms with Crippen LogP contribution in [0.25, 0.3) is 0 Å². The van der Waals surface area contributed by atoms with Crippen molar-refractivity contribution in [3.63, 3.8) is 0 Å². The molecule has 1 aromatic rings. The molecule has 0 bridgehead atoms. The maximum atomic E-state index is 12.1. The molecule has 120 valence electrons. The molecule has 0 aromatic heterocycles. The molecule has 0 aliphatic carbocycles. The van der Waals surface area contributed by atoms with Gasteiger partial charge in [0.25, 0.3) is 0 Å². The third-order valence-corrected chi connectivity index (χ3v) is 4.96. The molecule has 1 heterocycles. The van der Waals surface area contributed by atoms with Gasteiger partial charge in [-0.2, -0.15) is 0 Å². The molecule has 0 unspecified atom stereocenters. The highest BCUT2D eigenvalue weighted by molar-refractivity contribution is 7.85. The van der Waals surface area contributed by atoms with Crippen LogP contribution in [0.1, 0.15) is 12.8 Å². The quantitative estimate of drug-likeness (QED) is 0.748. The van der Waals surface area contributed by atoms with Gasteiger partial charge < -0.3 is 15.8 Å². The van der Waals surface area contributed by atoms with E-state index in [4.69, 9.17) is 10.5 Å². The second-order valence-corrected chi connectivity index (χ2v) is 6.75. The fraction of sp³-hybridized carbons (Fsp3) is 0.467. The Balaban J connectivity index is 1.87. The van der Waals surface area contributed by atoms with Gasteiger partial charge >= 0.3 is 0 Å². The van der Waals surface area contributed by atoms with Gasteiger partial charge in [0.15, 0.2) is 0 Å². The lowest BCUT2D eigenvalue weighted by molar-refractivity contribution is -0.129. The average molecular weight is 324 g/mol. The Hall–Kier alpha value is -1.73. The zero-order chi connectivity index (χ0) is 15.9. The van der Waals surface area contributed by atoms with Crippen molar-refractivity contribution in [2.45, 2.75) is 23.8 Å². The highest BCUT2D eigenvalue weighted by atomic mass is 32.2. The van der Waals surface area contributed by atoms with E-state index in [2.05, 4.69) is 5.32 Å². The van der Waals surface area contributed by atoms with Crippen molar-refractivity contribution in [2.75, 3.05) is 19.0 Å². The summed E-state index contributed by atoms with van der Waals surface area (Å²) in [5, 5.41) is 2.64. The van der Waals surface area contributed by atoms with Crippen LogP contribution in [-0.4, -0.2) is 41.0 Å². The summed E-state index contributed by atoms with van der Waals surface area (Å²) in [5.74, 6) is -0.815. The number of rotatable bonds is 7. The van der Waals surface area contributed by atoms with Crippen molar-refractivity contribution in [3.05, 3.63) is 30.3 Å². The van der Waals surface area contributed by atoms with Crippen LogP contribution in [0.15, 0.2) is 35.2 Å². The van der Waals surface area contributed by atoms with Crippen LogP contribution in [0.3, 0.4) is 0 Å². The van der Waals surface area contributed by atoms with Crippen LogP contribution in [0.2, 0.25) is 0 Å². The second-order valence-electron chi connectivity index (χ2n) is 5.18. The predicted molar refractivity (Wildman–Crippen MR) is 82.4 cm³/mol. The number of hydrogen-bond acceptors (Lipinski definition) is 4. The summed E-state index contributed by atoms with van der Waals surface area (Å²) < 4.78 is 17.3. The minimum atomic E-state index is -1.22. The summed E-state index contributed by atoms with van der Waals surface area (Å²) in [6.07, 6.45) is 0.892. The largest absolute Gasteiger partial charge is 0.381 e. The van der Waals surface area contributed by atoms with Crippen molar-refractivity contribution in [1.29, 1.82) is 0 Å². The summed E-state index contributed by atoms with van der Waals surface area (Å²) in [6.45, 7) is 0.921. The van der Waals surface area contributed by atoms with E-state index in [1.54, 1.807) is 24.3 Å². The standard InChI is InChI=1S/C15H20N2O4S/c16-14(18)13(17-15(19)11-6-8-21-10-11)7-9-22(20)12-4-2-1-3-5-12/h1-5,11,13H,6-10H2,(H2,16,18)(H,17,19)/t11-,13-,22+/m1/s1. The van der Waals surface area contributed by atoms with Crippen LogP contribution >= 0.6 is 0 Å². The molecule has 0 radical (unpaired) electrons. The third kappa shape index (κ3) is 4.64. The lowest BCUT2D eigenvalue weighted by Gasteiger charge is -2.17. The summed E-state index contributed by atoms with van der Waals surface area (Å²) in [6, 6.07) is 8.19. The Labute approximate surface area is 131 Å². The number of ether oxygens (including phenoxy) is 1. The van der Waals surface area contributed by atoms with E-state index in [1.807, 2.05) is 6.07 Å². The Morgan fingerprint density at radius 1 is 1.36 bits per heavy atom. The molecule has 6 nitrogen and oxygen atoms in total. The normalized spacial score (nSPS) is 20.3. The molecule has 2 rings (SSSR count). The number of carbonyl (C=O) groups is 2. The number of benzene rings is 1. The van der Waals surface area contributed by atoms with Gasteiger partial charge in [0.2, 0.25) is 11.8 Å². The summed E-state index contributed by atoms with van der Waals surface area (Å²) >= 11 is 0. The maximum Gasteiger partial charge on any atom is 0.240 e. The van der Waals surface area contributed by atoms with Crippen molar-refractivity contribution in [1.82, 2.24) is 5.32 Å². The van der Waals surface area contributed by atoms with Gasteiger partial charge in [-0.05, 0) is 25.0 Å². The lowest BCUT2D eigenvalue weighted by atomic mass is 10.1. The maximum absolute atomic E-state index is 12.1. The van der Waals surface area contributed by atoms with E-state index in [1.165, 1.54) is 0 Å². The Morgan fingerprint density at radius 3 is 2.68 bits per heavy atom. The molecule has 7 heteroatoms. The monoisotopic (exact) mass is 324 g/mol. The fourth-order valence-electron chi connectivity index (χ4n) is 2.23. The number of primary amides is 1. The second kappa shape index (κ2) is 8.05. The Kier molecular flexibility index (Phi) is 6.09. The topological polar surface area (TPSA) is 98.5 Å². The average Bonchev–Trinajstić information content (AvgIpc) is 3.06. The highest BCUT2D eigenvalue weighted by Gasteiger charge is 2.27. The van der Waals surface area contributed by atoms with E-state index < -0.39 is 22.7 Å². The SMILES string of the molecule is NC(=O)[C@@H](CC[S@](=O)c1ccccc1)NC(=O)[C@@H]1CCOC1. The summed E-state index contributed by atoms with van der Waals surface area (Å²) in [7, 11) is -1.22. The number of nitrogens with two attached hydrogens (primary N) is 1. The first kappa shape index (κ1) is 16.6. The molecule has 22 heavy (non-hydrogen) atoms. The smallest absolute Gasteiger partial charge is 0.240 e. The van der Waals surface area contributed by atoms with Gasteiger partial charge in [0, 0.05) is 17.3 Å². The van der Waals surface area contributed by atoms with Crippen molar-refractivity contribution < 1.29 is 18.5 Å². The van der Waals surface area contributed by atoms with Crippen LogP contribution in [-0.2, 0) is 25.1 Å². The van der Waals surface area contributed by atoms with E-state index in [0.29, 0.717) is 24.5 Å². The minimum Gasteiger partial charge on any atom is -0.381 e. The molecule has 1 aliphatic rings. The molecule has 1 fully saturated rings. The highest BCUT2D eigenvalue weighted by Crippen LogP contribution is 2.13. The first-order valence-electron chi connectivity index (χ1n) is 7.19. The third-order valence-electron chi connectivity index (χ3n) is 3.56. The van der Waals surface area contributed by atoms with Crippen LogP contribution in [0.5, 0.6) is 0 Å². The molecule has 3 atom stereocenters. The Bertz CT molecular complexity index is 544. The van der Waals surface area contributed by atoms with Gasteiger partial charge in [-0.1, -0.05) is 18.2 Å². The predicted octanol–water partition coefficient (Wildman–Crippen LogP) is 0.191. The van der Waals surface area contributed by atoms with Gasteiger partial charge in [-0.15, -0.1) is 0 Å². The fourth-order valence-corrected chi connectivity index (χ4v) is 3.38. The van der Waals surface area contributed by atoms with E-state index in [9.17, 15) is 13.8 Å².